The van der Waals surface area contributed by atoms with Crippen LogP contribution in [0.25, 0.3) is 11.1 Å². The third kappa shape index (κ3) is 2.04. The molecule has 2 aromatic rings. The Labute approximate surface area is 97.1 Å². The average molecular weight is 234 g/mol. The van der Waals surface area contributed by atoms with Gasteiger partial charge in [0.2, 0.25) is 0 Å². The summed E-state index contributed by atoms with van der Waals surface area (Å²) in [6, 6.07) is 3.74. The van der Waals surface area contributed by atoms with Gasteiger partial charge >= 0.3 is 5.97 Å². The number of aryl methyl sites for hydroxylation is 2. The van der Waals surface area contributed by atoms with E-state index in [1.54, 1.807) is 13.8 Å². The van der Waals surface area contributed by atoms with Crippen molar-refractivity contribution in [1.29, 1.82) is 0 Å². The normalized spacial score (nSPS) is 10.5. The average Bonchev–Trinajstić information content (AvgIpc) is 2.57. The molecule has 0 aliphatic carbocycles. The molecular weight excluding hydrogens is 223 g/mol. The van der Waals surface area contributed by atoms with E-state index in [-0.39, 0.29) is 5.56 Å². The number of nitrogens with zero attached hydrogens (tertiary/aromatic N) is 1. The SMILES string of the molecule is Cc1n[nH]c(C)c1-c1cc(F)cc(C(=O)O)c1. The van der Waals surface area contributed by atoms with Gasteiger partial charge in [-0.25, -0.2) is 9.18 Å². The number of H-pyrrole nitrogens is 1. The van der Waals surface area contributed by atoms with Crippen LogP contribution in [-0.4, -0.2) is 21.3 Å². The quantitative estimate of drug-likeness (QED) is 0.839. The number of aromatic carboxylic acids is 1. The van der Waals surface area contributed by atoms with Crippen LogP contribution in [0.1, 0.15) is 21.7 Å². The standard InChI is InChI=1S/C12H11FN2O2/c1-6-11(7(2)15-14-6)8-3-9(12(16)17)5-10(13)4-8/h3-5H,1-2H3,(H,14,15)(H,16,17). The number of nitrogens with one attached hydrogen (secondary N) is 1. The van der Waals surface area contributed by atoms with Gasteiger partial charge in [0.05, 0.1) is 11.3 Å². The summed E-state index contributed by atoms with van der Waals surface area (Å²) >= 11 is 0. The highest BCUT2D eigenvalue weighted by atomic mass is 19.1. The fourth-order valence-electron chi connectivity index (χ4n) is 1.83. The van der Waals surface area contributed by atoms with Crippen LogP contribution >= 0.6 is 0 Å². The number of carboxylic acids is 1. The molecule has 88 valence electrons. The zero-order chi connectivity index (χ0) is 12.6. The van der Waals surface area contributed by atoms with Crippen molar-refractivity contribution in [2.24, 2.45) is 0 Å². The lowest BCUT2D eigenvalue weighted by molar-refractivity contribution is 0.0696. The van der Waals surface area contributed by atoms with Crippen LogP contribution in [0.4, 0.5) is 4.39 Å². The van der Waals surface area contributed by atoms with Gasteiger partial charge in [0.1, 0.15) is 5.82 Å². The second-order valence-electron chi connectivity index (χ2n) is 3.84. The van der Waals surface area contributed by atoms with Crippen LogP contribution < -0.4 is 0 Å². The second-order valence-corrected chi connectivity index (χ2v) is 3.84. The molecule has 0 saturated heterocycles. The van der Waals surface area contributed by atoms with Gasteiger partial charge in [-0.15, -0.1) is 0 Å². The van der Waals surface area contributed by atoms with Gasteiger partial charge in [-0.1, -0.05) is 0 Å². The summed E-state index contributed by atoms with van der Waals surface area (Å²) in [5.41, 5.74) is 2.69. The van der Waals surface area contributed by atoms with E-state index in [0.717, 1.165) is 17.3 Å². The van der Waals surface area contributed by atoms with Crippen LogP contribution in [0.3, 0.4) is 0 Å². The van der Waals surface area contributed by atoms with E-state index in [1.807, 2.05) is 0 Å². The molecule has 0 unspecified atom stereocenters. The molecule has 2 N–H and O–H groups in total. The summed E-state index contributed by atoms with van der Waals surface area (Å²) < 4.78 is 13.3. The van der Waals surface area contributed by atoms with Crippen molar-refractivity contribution in [1.82, 2.24) is 10.2 Å². The first kappa shape index (κ1) is 11.3. The molecule has 0 aliphatic rings. The summed E-state index contributed by atoms with van der Waals surface area (Å²) in [4.78, 5) is 10.9. The number of hydrogen-bond donors (Lipinski definition) is 2. The van der Waals surface area contributed by atoms with Crippen LogP contribution in [0.2, 0.25) is 0 Å². The van der Waals surface area contributed by atoms with Crippen LogP contribution in [0.5, 0.6) is 0 Å². The van der Waals surface area contributed by atoms with E-state index in [4.69, 9.17) is 5.11 Å². The number of rotatable bonds is 2. The van der Waals surface area contributed by atoms with Crippen molar-refractivity contribution in [2.75, 3.05) is 0 Å². The van der Waals surface area contributed by atoms with Crippen LogP contribution in [-0.2, 0) is 0 Å². The molecule has 1 aromatic carbocycles. The largest absolute Gasteiger partial charge is 0.478 e. The lowest BCUT2D eigenvalue weighted by Crippen LogP contribution is -1.98. The molecule has 2 rings (SSSR count). The van der Waals surface area contributed by atoms with E-state index in [0.29, 0.717) is 11.3 Å². The zero-order valence-electron chi connectivity index (χ0n) is 9.41. The van der Waals surface area contributed by atoms with Gasteiger partial charge in [0, 0.05) is 11.3 Å². The summed E-state index contributed by atoms with van der Waals surface area (Å²) in [6.07, 6.45) is 0. The number of aromatic nitrogens is 2. The summed E-state index contributed by atoms with van der Waals surface area (Å²) in [5.74, 6) is -1.72. The Hall–Kier alpha value is -2.17. The molecule has 0 radical (unpaired) electrons. The van der Waals surface area contributed by atoms with E-state index in [9.17, 15) is 9.18 Å². The molecule has 0 atom stereocenters. The summed E-state index contributed by atoms with van der Waals surface area (Å²) in [5, 5.41) is 15.7. The molecule has 1 aromatic heterocycles. The summed E-state index contributed by atoms with van der Waals surface area (Å²) in [7, 11) is 0. The monoisotopic (exact) mass is 234 g/mol. The zero-order valence-corrected chi connectivity index (χ0v) is 9.41. The first-order valence-corrected chi connectivity index (χ1v) is 5.05. The van der Waals surface area contributed by atoms with E-state index in [2.05, 4.69) is 10.2 Å². The Kier molecular flexibility index (Phi) is 2.67. The molecular formula is C12H11FN2O2. The smallest absolute Gasteiger partial charge is 0.335 e. The Morgan fingerprint density at radius 1 is 1.35 bits per heavy atom. The molecule has 17 heavy (non-hydrogen) atoms. The van der Waals surface area contributed by atoms with E-state index >= 15 is 0 Å². The minimum atomic E-state index is -1.15. The molecule has 0 spiro atoms. The maximum Gasteiger partial charge on any atom is 0.335 e. The molecule has 1 heterocycles. The molecule has 0 amide bonds. The third-order valence-corrected chi connectivity index (χ3v) is 2.56. The minimum absolute atomic E-state index is 0.0694. The molecule has 5 heteroatoms. The van der Waals surface area contributed by atoms with E-state index in [1.165, 1.54) is 12.1 Å². The number of aromatic amines is 1. The number of benzene rings is 1. The number of hydrogen-bond acceptors (Lipinski definition) is 2. The predicted octanol–water partition coefficient (Wildman–Crippen LogP) is 2.53. The fourth-order valence-corrected chi connectivity index (χ4v) is 1.83. The third-order valence-electron chi connectivity index (χ3n) is 2.56. The van der Waals surface area contributed by atoms with Crippen molar-refractivity contribution in [3.05, 3.63) is 41.0 Å². The molecule has 0 aliphatic heterocycles. The van der Waals surface area contributed by atoms with E-state index < -0.39 is 11.8 Å². The van der Waals surface area contributed by atoms with Gasteiger partial charge in [-0.05, 0) is 37.6 Å². The topological polar surface area (TPSA) is 66.0 Å². The lowest BCUT2D eigenvalue weighted by atomic mass is 10.0. The Morgan fingerprint density at radius 2 is 2.06 bits per heavy atom. The van der Waals surface area contributed by atoms with Gasteiger partial charge < -0.3 is 5.11 Å². The second kappa shape index (κ2) is 4.01. The molecule has 0 bridgehead atoms. The van der Waals surface area contributed by atoms with Crippen LogP contribution in [0.15, 0.2) is 18.2 Å². The highest BCUT2D eigenvalue weighted by Gasteiger charge is 2.13. The fraction of sp³-hybridized carbons (Fsp3) is 0.167. The lowest BCUT2D eigenvalue weighted by Gasteiger charge is -2.04. The van der Waals surface area contributed by atoms with Gasteiger partial charge in [0.25, 0.3) is 0 Å². The van der Waals surface area contributed by atoms with Gasteiger partial charge in [-0.3, -0.25) is 5.10 Å². The molecule has 0 saturated carbocycles. The number of carboxylic acid groups (broad SMARTS) is 1. The van der Waals surface area contributed by atoms with Crippen molar-refractivity contribution in [2.45, 2.75) is 13.8 Å². The minimum Gasteiger partial charge on any atom is -0.478 e. The van der Waals surface area contributed by atoms with Crippen molar-refractivity contribution >= 4 is 5.97 Å². The highest BCUT2D eigenvalue weighted by Crippen LogP contribution is 2.27. The first-order valence-electron chi connectivity index (χ1n) is 5.05. The Morgan fingerprint density at radius 3 is 2.59 bits per heavy atom. The predicted molar refractivity (Wildman–Crippen MR) is 60.4 cm³/mol. The maximum atomic E-state index is 13.3. The molecule has 0 fully saturated rings. The number of halogens is 1. The van der Waals surface area contributed by atoms with Crippen molar-refractivity contribution in [3.8, 4) is 11.1 Å². The maximum absolute atomic E-state index is 13.3. The Bertz CT molecular complexity index is 571. The van der Waals surface area contributed by atoms with Crippen molar-refractivity contribution < 1.29 is 14.3 Å². The van der Waals surface area contributed by atoms with Crippen LogP contribution in [0, 0.1) is 19.7 Å². The highest BCUT2D eigenvalue weighted by molar-refractivity contribution is 5.89. The van der Waals surface area contributed by atoms with Crippen molar-refractivity contribution in [3.63, 3.8) is 0 Å². The van der Waals surface area contributed by atoms with Gasteiger partial charge in [0.15, 0.2) is 0 Å². The van der Waals surface area contributed by atoms with Gasteiger partial charge in [-0.2, -0.15) is 5.10 Å². The Balaban J connectivity index is 2.64. The number of carbonyl (C=O) groups is 1. The first-order chi connectivity index (χ1) is 7.99. The molecule has 4 nitrogen and oxygen atoms in total. The summed E-state index contributed by atoms with van der Waals surface area (Å²) in [6.45, 7) is 3.59.